The van der Waals surface area contributed by atoms with E-state index in [1.807, 2.05) is 0 Å². The van der Waals surface area contributed by atoms with Gasteiger partial charge in [-0.05, 0) is 22.0 Å². The molecule has 1 aromatic heterocycles. The van der Waals surface area contributed by atoms with E-state index in [1.54, 1.807) is 7.05 Å². The van der Waals surface area contributed by atoms with Crippen molar-refractivity contribution in [2.75, 3.05) is 18.1 Å². The third kappa shape index (κ3) is 1.49. The molecule has 0 saturated heterocycles. The first-order valence-corrected chi connectivity index (χ1v) is 5.25. The largest absolute Gasteiger partial charge is 0.396 e. The summed E-state index contributed by atoms with van der Waals surface area (Å²) in [6.45, 7) is 0. The summed E-state index contributed by atoms with van der Waals surface area (Å²) in [6, 6.07) is 1.04. The monoisotopic (exact) mass is 287 g/mol. The van der Waals surface area contributed by atoms with E-state index < -0.39 is 11.6 Å². The van der Waals surface area contributed by atoms with E-state index >= 15 is 0 Å². The number of nitrogens with one attached hydrogen (secondary N) is 1. The topological polar surface area (TPSA) is 50.9 Å². The predicted octanol–water partition coefficient (Wildman–Crippen LogP) is 2.90. The van der Waals surface area contributed by atoms with Gasteiger partial charge in [0.1, 0.15) is 11.3 Å². The summed E-state index contributed by atoms with van der Waals surface area (Å²) < 4.78 is 27.4. The van der Waals surface area contributed by atoms with Crippen LogP contribution in [0, 0.1) is 11.6 Å². The second kappa shape index (κ2) is 3.86. The lowest BCUT2D eigenvalue weighted by Gasteiger charge is -2.10. The minimum Gasteiger partial charge on any atom is -0.396 e. The summed E-state index contributed by atoms with van der Waals surface area (Å²) in [6.07, 6.45) is 1.30. The maximum atomic E-state index is 13.9. The lowest BCUT2D eigenvalue weighted by Crippen LogP contribution is -2.01. The highest BCUT2D eigenvalue weighted by atomic mass is 79.9. The second-order valence-electron chi connectivity index (χ2n) is 3.22. The molecular formula is C10H8BrF2N3. The number of hydrogen-bond donors (Lipinski definition) is 2. The molecule has 3 nitrogen and oxygen atoms in total. The van der Waals surface area contributed by atoms with Crippen LogP contribution in [-0.4, -0.2) is 12.0 Å². The van der Waals surface area contributed by atoms with Crippen LogP contribution < -0.4 is 11.1 Å². The predicted molar refractivity (Wildman–Crippen MR) is 63.3 cm³/mol. The van der Waals surface area contributed by atoms with Crippen LogP contribution in [-0.2, 0) is 0 Å². The fourth-order valence-corrected chi connectivity index (χ4v) is 1.95. The van der Waals surface area contributed by atoms with E-state index in [1.165, 1.54) is 6.20 Å². The Morgan fingerprint density at radius 1 is 1.44 bits per heavy atom. The number of pyridine rings is 1. The lowest BCUT2D eigenvalue weighted by atomic mass is 10.1. The average molecular weight is 288 g/mol. The van der Waals surface area contributed by atoms with Crippen LogP contribution in [0.1, 0.15) is 0 Å². The minimum absolute atomic E-state index is 0.0424. The number of nitrogens with two attached hydrogens (primary N) is 1. The minimum atomic E-state index is -0.597. The van der Waals surface area contributed by atoms with Gasteiger partial charge in [-0.2, -0.15) is 0 Å². The van der Waals surface area contributed by atoms with Crippen LogP contribution in [0.2, 0.25) is 0 Å². The Morgan fingerprint density at radius 2 is 2.12 bits per heavy atom. The zero-order valence-electron chi connectivity index (χ0n) is 8.31. The summed E-state index contributed by atoms with van der Waals surface area (Å²) in [5.41, 5.74) is 6.20. The van der Waals surface area contributed by atoms with Crippen LogP contribution in [0.3, 0.4) is 0 Å². The van der Waals surface area contributed by atoms with Gasteiger partial charge in [0.25, 0.3) is 0 Å². The number of hydrogen-bond acceptors (Lipinski definition) is 3. The molecule has 1 aromatic carbocycles. The van der Waals surface area contributed by atoms with Gasteiger partial charge in [-0.25, -0.2) is 8.78 Å². The number of halogens is 3. The Kier molecular flexibility index (Phi) is 2.67. The quantitative estimate of drug-likeness (QED) is 0.793. The maximum absolute atomic E-state index is 13.9. The van der Waals surface area contributed by atoms with Crippen LogP contribution in [0.25, 0.3) is 10.9 Å². The van der Waals surface area contributed by atoms with Crippen molar-refractivity contribution in [3.8, 4) is 0 Å². The summed E-state index contributed by atoms with van der Waals surface area (Å²) in [5, 5.41) is 2.79. The summed E-state index contributed by atoms with van der Waals surface area (Å²) in [4.78, 5) is 3.79. The molecule has 3 N–H and O–H groups in total. The van der Waals surface area contributed by atoms with E-state index in [9.17, 15) is 8.78 Å². The van der Waals surface area contributed by atoms with Crippen molar-refractivity contribution in [1.82, 2.24) is 4.98 Å². The van der Waals surface area contributed by atoms with E-state index in [4.69, 9.17) is 5.73 Å². The van der Waals surface area contributed by atoms with Gasteiger partial charge in [0.15, 0.2) is 5.82 Å². The zero-order chi connectivity index (χ0) is 11.9. The first-order valence-electron chi connectivity index (χ1n) is 4.45. The molecule has 0 amide bonds. The average Bonchev–Trinajstić information content (AvgIpc) is 2.25. The normalized spacial score (nSPS) is 10.8. The number of nitrogens with zero attached hydrogens (tertiary/aromatic N) is 1. The van der Waals surface area contributed by atoms with Gasteiger partial charge in [-0.15, -0.1) is 0 Å². The molecule has 0 unspecified atom stereocenters. The van der Waals surface area contributed by atoms with E-state index in [0.29, 0.717) is 5.69 Å². The molecule has 1 heterocycles. The Hall–Kier alpha value is -1.43. The molecule has 0 aliphatic carbocycles. The molecule has 16 heavy (non-hydrogen) atoms. The van der Waals surface area contributed by atoms with Crippen LogP contribution in [0.15, 0.2) is 16.7 Å². The third-order valence-corrected chi connectivity index (χ3v) is 2.84. The molecule has 2 aromatic rings. The van der Waals surface area contributed by atoms with Crippen molar-refractivity contribution in [1.29, 1.82) is 0 Å². The smallest absolute Gasteiger partial charge is 0.150 e. The highest BCUT2D eigenvalue weighted by molar-refractivity contribution is 9.10. The van der Waals surface area contributed by atoms with E-state index in [0.717, 1.165) is 6.07 Å². The van der Waals surface area contributed by atoms with Crippen molar-refractivity contribution in [2.24, 2.45) is 0 Å². The molecule has 84 valence electrons. The molecule has 0 atom stereocenters. The standard InChI is InChI=1S/C10H8BrF2N3/c1-15-10-6(14)3-16-9-5(12)2-4(11)8(13)7(9)10/h2-3H,14H2,1H3,(H,15,16). The fraction of sp³-hybridized carbons (Fsp3) is 0.100. The molecule has 0 bridgehead atoms. The number of rotatable bonds is 1. The number of nitrogen functional groups attached to an aromatic ring is 1. The molecule has 0 spiro atoms. The van der Waals surface area contributed by atoms with Gasteiger partial charge in [-0.3, -0.25) is 4.98 Å². The van der Waals surface area contributed by atoms with E-state index in [-0.39, 0.29) is 21.1 Å². The Balaban J connectivity index is 3.01. The number of benzene rings is 1. The van der Waals surface area contributed by atoms with Gasteiger partial charge in [0.05, 0.1) is 27.4 Å². The molecule has 0 fully saturated rings. The number of aromatic nitrogens is 1. The summed E-state index contributed by atoms with van der Waals surface area (Å²) in [7, 11) is 1.59. The third-order valence-electron chi connectivity index (χ3n) is 2.27. The van der Waals surface area contributed by atoms with Crippen LogP contribution in [0.4, 0.5) is 20.2 Å². The highest BCUT2D eigenvalue weighted by Crippen LogP contribution is 2.34. The molecular weight excluding hydrogens is 280 g/mol. The van der Waals surface area contributed by atoms with Crippen molar-refractivity contribution in [2.45, 2.75) is 0 Å². The fourth-order valence-electron chi connectivity index (χ4n) is 1.55. The van der Waals surface area contributed by atoms with Crippen molar-refractivity contribution < 1.29 is 8.78 Å². The molecule has 2 rings (SSSR count). The molecule has 0 aliphatic rings. The lowest BCUT2D eigenvalue weighted by molar-refractivity contribution is 0.610. The Morgan fingerprint density at radius 3 is 2.75 bits per heavy atom. The summed E-state index contributed by atoms with van der Waals surface area (Å²) >= 11 is 2.94. The van der Waals surface area contributed by atoms with Crippen molar-refractivity contribution in [3.63, 3.8) is 0 Å². The van der Waals surface area contributed by atoms with Crippen LogP contribution >= 0.6 is 15.9 Å². The van der Waals surface area contributed by atoms with Gasteiger partial charge >= 0.3 is 0 Å². The maximum Gasteiger partial charge on any atom is 0.150 e. The first kappa shape index (κ1) is 11.1. The van der Waals surface area contributed by atoms with Gasteiger partial charge in [0.2, 0.25) is 0 Å². The summed E-state index contributed by atoms with van der Waals surface area (Å²) in [5.74, 6) is -1.18. The highest BCUT2D eigenvalue weighted by Gasteiger charge is 2.16. The molecule has 0 saturated carbocycles. The Labute approximate surface area is 98.8 Å². The van der Waals surface area contributed by atoms with Crippen molar-refractivity contribution >= 4 is 38.2 Å². The Bertz CT molecular complexity index is 572. The SMILES string of the molecule is CNc1c(N)cnc2c(F)cc(Br)c(F)c12. The van der Waals surface area contributed by atoms with Gasteiger partial charge < -0.3 is 11.1 Å². The van der Waals surface area contributed by atoms with Gasteiger partial charge in [0, 0.05) is 7.05 Å². The molecule has 6 heteroatoms. The number of anilines is 2. The van der Waals surface area contributed by atoms with Crippen LogP contribution in [0.5, 0.6) is 0 Å². The molecule has 0 aliphatic heterocycles. The number of fused-ring (bicyclic) bond motifs is 1. The van der Waals surface area contributed by atoms with Gasteiger partial charge in [-0.1, -0.05) is 0 Å². The first-order chi connectivity index (χ1) is 7.56. The zero-order valence-corrected chi connectivity index (χ0v) is 9.90. The van der Waals surface area contributed by atoms with E-state index in [2.05, 4.69) is 26.2 Å². The molecule has 0 radical (unpaired) electrons. The second-order valence-corrected chi connectivity index (χ2v) is 4.07. The van der Waals surface area contributed by atoms with Crippen molar-refractivity contribution in [3.05, 3.63) is 28.4 Å².